The van der Waals surface area contributed by atoms with Crippen molar-refractivity contribution in [3.8, 4) is 0 Å². The molecule has 0 fully saturated rings. The van der Waals surface area contributed by atoms with Gasteiger partial charge < -0.3 is 10.0 Å². The van der Waals surface area contributed by atoms with E-state index < -0.39 is 0 Å². The molecule has 0 aliphatic heterocycles. The maximum Gasteiger partial charge on any atom is 0.268 e. The molecular weight excluding hydrogens is 230 g/mol. The number of aromatic nitrogens is 2. The number of unbranched alkanes of at least 4 members (excludes halogenated alkanes) is 2. The van der Waals surface area contributed by atoms with Gasteiger partial charge in [0.15, 0.2) is 0 Å². The molecule has 1 heterocycles. The van der Waals surface area contributed by atoms with Crippen molar-refractivity contribution in [2.75, 3.05) is 25.1 Å². The number of nitrogens with zero attached hydrogens (tertiary/aromatic N) is 3. The highest BCUT2D eigenvalue weighted by molar-refractivity contribution is 5.41. The molecule has 0 unspecified atom stereocenters. The molecule has 0 radical (unpaired) electrons. The molecular formula is C13H23N3O2. The summed E-state index contributed by atoms with van der Waals surface area (Å²) in [6, 6.07) is 1.63. The van der Waals surface area contributed by atoms with Crippen LogP contribution in [0, 0.1) is 0 Å². The van der Waals surface area contributed by atoms with Crippen molar-refractivity contribution < 1.29 is 5.11 Å². The van der Waals surface area contributed by atoms with Crippen molar-refractivity contribution in [2.45, 2.75) is 39.2 Å². The molecule has 0 aliphatic rings. The lowest BCUT2D eigenvalue weighted by atomic mass is 10.2. The molecule has 5 heteroatoms. The average Bonchev–Trinajstić information content (AvgIpc) is 2.36. The Hall–Kier alpha value is -1.36. The lowest BCUT2D eigenvalue weighted by Gasteiger charge is -2.17. The number of aryl methyl sites for hydroxylation is 1. The summed E-state index contributed by atoms with van der Waals surface area (Å²) < 4.78 is 1.49. The zero-order valence-corrected chi connectivity index (χ0v) is 11.3. The summed E-state index contributed by atoms with van der Waals surface area (Å²) in [4.78, 5) is 13.9. The first-order valence-corrected chi connectivity index (χ1v) is 6.58. The first-order chi connectivity index (χ1) is 8.69. The average molecular weight is 253 g/mol. The van der Waals surface area contributed by atoms with E-state index in [9.17, 15) is 4.79 Å². The van der Waals surface area contributed by atoms with Gasteiger partial charge in [-0.3, -0.25) is 4.79 Å². The molecule has 0 aromatic carbocycles. The van der Waals surface area contributed by atoms with E-state index in [1.54, 1.807) is 12.3 Å². The van der Waals surface area contributed by atoms with Crippen LogP contribution in [-0.2, 0) is 6.54 Å². The SMILES string of the molecule is CCCN(C)c1cnn(CCCCCO)c(=O)c1. The van der Waals surface area contributed by atoms with Crippen molar-refractivity contribution in [2.24, 2.45) is 0 Å². The smallest absolute Gasteiger partial charge is 0.268 e. The van der Waals surface area contributed by atoms with E-state index in [-0.39, 0.29) is 12.2 Å². The second kappa shape index (κ2) is 7.87. The highest BCUT2D eigenvalue weighted by Gasteiger charge is 2.03. The Morgan fingerprint density at radius 3 is 2.78 bits per heavy atom. The molecule has 0 saturated carbocycles. The summed E-state index contributed by atoms with van der Waals surface area (Å²) >= 11 is 0. The third kappa shape index (κ3) is 4.49. The second-order valence-electron chi connectivity index (χ2n) is 4.48. The Morgan fingerprint density at radius 1 is 1.39 bits per heavy atom. The monoisotopic (exact) mass is 253 g/mol. The normalized spacial score (nSPS) is 10.6. The predicted molar refractivity (Wildman–Crippen MR) is 73.0 cm³/mol. The molecule has 1 rings (SSSR count). The van der Waals surface area contributed by atoms with E-state index in [4.69, 9.17) is 5.11 Å². The van der Waals surface area contributed by atoms with Crippen LogP contribution in [0.15, 0.2) is 17.1 Å². The summed E-state index contributed by atoms with van der Waals surface area (Å²) in [5, 5.41) is 12.9. The van der Waals surface area contributed by atoms with Crippen molar-refractivity contribution in [1.29, 1.82) is 0 Å². The van der Waals surface area contributed by atoms with Gasteiger partial charge in [0.1, 0.15) is 0 Å². The standard InChI is InChI=1S/C13H23N3O2/c1-3-7-15(2)12-10-13(18)16(14-11-12)8-5-4-6-9-17/h10-11,17H,3-9H2,1-2H3. The molecule has 0 saturated heterocycles. The molecule has 18 heavy (non-hydrogen) atoms. The first-order valence-electron chi connectivity index (χ1n) is 6.58. The van der Waals surface area contributed by atoms with Gasteiger partial charge in [-0.15, -0.1) is 0 Å². The zero-order valence-electron chi connectivity index (χ0n) is 11.3. The Labute approximate surface area is 108 Å². The van der Waals surface area contributed by atoms with Gasteiger partial charge in [-0.05, 0) is 25.7 Å². The van der Waals surface area contributed by atoms with Gasteiger partial charge in [0, 0.05) is 32.8 Å². The summed E-state index contributed by atoms with van der Waals surface area (Å²) in [5.41, 5.74) is 0.813. The molecule has 1 N–H and O–H groups in total. The van der Waals surface area contributed by atoms with E-state index in [1.165, 1.54) is 4.68 Å². The Bertz CT molecular complexity index is 403. The minimum atomic E-state index is -0.0561. The number of rotatable bonds is 8. The van der Waals surface area contributed by atoms with Crippen LogP contribution in [-0.4, -0.2) is 35.1 Å². The topological polar surface area (TPSA) is 58.4 Å². The van der Waals surface area contributed by atoms with Crippen LogP contribution in [0.4, 0.5) is 5.69 Å². The lowest BCUT2D eigenvalue weighted by molar-refractivity contribution is 0.281. The van der Waals surface area contributed by atoms with E-state index in [0.717, 1.165) is 37.9 Å². The van der Waals surface area contributed by atoms with E-state index >= 15 is 0 Å². The van der Waals surface area contributed by atoms with E-state index in [2.05, 4.69) is 12.0 Å². The van der Waals surface area contributed by atoms with Crippen molar-refractivity contribution in [3.63, 3.8) is 0 Å². The number of hydrogen-bond acceptors (Lipinski definition) is 4. The second-order valence-corrected chi connectivity index (χ2v) is 4.48. The highest BCUT2D eigenvalue weighted by atomic mass is 16.2. The van der Waals surface area contributed by atoms with Crippen LogP contribution in [0.1, 0.15) is 32.6 Å². The van der Waals surface area contributed by atoms with Gasteiger partial charge >= 0.3 is 0 Å². The quantitative estimate of drug-likeness (QED) is 0.708. The van der Waals surface area contributed by atoms with Crippen molar-refractivity contribution >= 4 is 5.69 Å². The van der Waals surface area contributed by atoms with Crippen LogP contribution in [0.2, 0.25) is 0 Å². The van der Waals surface area contributed by atoms with Crippen LogP contribution >= 0.6 is 0 Å². The fourth-order valence-corrected chi connectivity index (χ4v) is 1.82. The zero-order chi connectivity index (χ0) is 13.4. The minimum absolute atomic E-state index is 0.0561. The molecule has 0 bridgehead atoms. The molecule has 0 amide bonds. The number of aliphatic hydroxyl groups is 1. The maximum atomic E-state index is 11.8. The minimum Gasteiger partial charge on any atom is -0.396 e. The van der Waals surface area contributed by atoms with Crippen LogP contribution < -0.4 is 10.5 Å². The van der Waals surface area contributed by atoms with Gasteiger partial charge in [-0.2, -0.15) is 5.10 Å². The van der Waals surface area contributed by atoms with Crippen molar-refractivity contribution in [3.05, 3.63) is 22.6 Å². The summed E-state index contributed by atoms with van der Waals surface area (Å²) in [6.45, 7) is 3.85. The van der Waals surface area contributed by atoms with Crippen LogP contribution in [0.25, 0.3) is 0 Å². The Kier molecular flexibility index (Phi) is 6.43. The van der Waals surface area contributed by atoms with Gasteiger partial charge in [0.2, 0.25) is 0 Å². The van der Waals surface area contributed by atoms with Crippen molar-refractivity contribution in [1.82, 2.24) is 9.78 Å². The highest BCUT2D eigenvalue weighted by Crippen LogP contribution is 2.07. The van der Waals surface area contributed by atoms with Crippen LogP contribution in [0.5, 0.6) is 0 Å². The predicted octanol–water partition coefficient (Wildman–Crippen LogP) is 1.25. The van der Waals surface area contributed by atoms with E-state index in [1.807, 2.05) is 11.9 Å². The Morgan fingerprint density at radius 2 is 2.17 bits per heavy atom. The molecule has 0 spiro atoms. The third-order valence-corrected chi connectivity index (χ3v) is 2.88. The number of aliphatic hydroxyl groups excluding tert-OH is 1. The van der Waals surface area contributed by atoms with Crippen LogP contribution in [0.3, 0.4) is 0 Å². The van der Waals surface area contributed by atoms with E-state index in [0.29, 0.717) is 6.54 Å². The largest absolute Gasteiger partial charge is 0.396 e. The molecule has 1 aromatic heterocycles. The third-order valence-electron chi connectivity index (χ3n) is 2.88. The van der Waals surface area contributed by atoms with Gasteiger partial charge in [0.05, 0.1) is 11.9 Å². The van der Waals surface area contributed by atoms with Gasteiger partial charge in [-0.1, -0.05) is 6.92 Å². The fraction of sp³-hybridized carbons (Fsp3) is 0.692. The first kappa shape index (κ1) is 14.7. The summed E-state index contributed by atoms with van der Waals surface area (Å²) in [7, 11) is 1.96. The van der Waals surface area contributed by atoms with Gasteiger partial charge in [0.25, 0.3) is 5.56 Å². The molecule has 0 aliphatic carbocycles. The molecule has 102 valence electrons. The summed E-state index contributed by atoms with van der Waals surface area (Å²) in [5.74, 6) is 0. The number of hydrogen-bond donors (Lipinski definition) is 1. The molecule has 1 aromatic rings. The maximum absolute atomic E-state index is 11.8. The Balaban J connectivity index is 2.59. The summed E-state index contributed by atoms with van der Waals surface area (Å²) in [6.07, 6.45) is 5.36. The number of anilines is 1. The lowest BCUT2D eigenvalue weighted by Crippen LogP contribution is -2.26. The molecule has 0 atom stereocenters. The fourth-order valence-electron chi connectivity index (χ4n) is 1.82. The van der Waals surface area contributed by atoms with Gasteiger partial charge in [-0.25, -0.2) is 4.68 Å². The molecule has 5 nitrogen and oxygen atoms in total.